The summed E-state index contributed by atoms with van der Waals surface area (Å²) in [5, 5.41) is 2.93. The first kappa shape index (κ1) is 17.7. The highest BCUT2D eigenvalue weighted by Crippen LogP contribution is 2.23. The van der Waals surface area contributed by atoms with Crippen LogP contribution in [0.5, 0.6) is 5.75 Å². The molecule has 0 heterocycles. The predicted molar refractivity (Wildman–Crippen MR) is 107 cm³/mol. The van der Waals surface area contributed by atoms with E-state index in [1.807, 2.05) is 74.5 Å². The number of ether oxygens (including phenoxy) is 1. The number of aryl methyl sites for hydroxylation is 2. The Balaban J connectivity index is 1.63. The van der Waals surface area contributed by atoms with Crippen molar-refractivity contribution in [1.82, 2.24) is 0 Å². The van der Waals surface area contributed by atoms with Crippen molar-refractivity contribution in [2.45, 2.75) is 26.9 Å². The van der Waals surface area contributed by atoms with E-state index in [0.717, 1.165) is 22.4 Å². The number of nitrogens with one attached hydrogen (secondary N) is 1. The third-order valence-electron chi connectivity index (χ3n) is 4.28. The summed E-state index contributed by atoms with van der Waals surface area (Å²) in [6.07, 6.45) is -0.585. The molecule has 3 rings (SSSR count). The zero-order chi connectivity index (χ0) is 18.5. The van der Waals surface area contributed by atoms with Crippen LogP contribution in [0, 0.1) is 13.8 Å². The van der Waals surface area contributed by atoms with E-state index in [0.29, 0.717) is 5.75 Å². The van der Waals surface area contributed by atoms with E-state index in [4.69, 9.17) is 4.74 Å². The van der Waals surface area contributed by atoms with E-state index in [2.05, 4.69) is 17.4 Å². The molecule has 0 spiro atoms. The maximum absolute atomic E-state index is 12.4. The van der Waals surface area contributed by atoms with Crippen molar-refractivity contribution < 1.29 is 9.53 Å². The van der Waals surface area contributed by atoms with Crippen molar-refractivity contribution in [3.63, 3.8) is 0 Å². The monoisotopic (exact) mass is 345 g/mol. The van der Waals surface area contributed by atoms with Gasteiger partial charge in [-0.1, -0.05) is 60.2 Å². The number of benzene rings is 3. The minimum absolute atomic E-state index is 0.163. The standard InChI is InChI=1S/C23H23NO2/c1-16-9-14-22(17(2)15-16)24-23(25)18(3)26-21-12-10-20(11-13-21)19-7-5-4-6-8-19/h4-15,18H,1-3H3,(H,24,25). The molecule has 3 heteroatoms. The first-order valence-corrected chi connectivity index (χ1v) is 8.73. The minimum Gasteiger partial charge on any atom is -0.481 e. The molecule has 0 aliphatic heterocycles. The second-order valence-corrected chi connectivity index (χ2v) is 6.46. The largest absolute Gasteiger partial charge is 0.481 e. The predicted octanol–water partition coefficient (Wildman–Crippen LogP) is 5.38. The van der Waals surface area contributed by atoms with Crippen LogP contribution in [0.1, 0.15) is 18.1 Å². The third-order valence-corrected chi connectivity index (χ3v) is 4.28. The summed E-state index contributed by atoms with van der Waals surface area (Å²) in [5.74, 6) is 0.511. The zero-order valence-corrected chi connectivity index (χ0v) is 15.3. The molecule has 0 bridgehead atoms. The van der Waals surface area contributed by atoms with Gasteiger partial charge in [-0.2, -0.15) is 0 Å². The number of carbonyl (C=O) groups is 1. The summed E-state index contributed by atoms with van der Waals surface area (Å²) in [5.41, 5.74) is 5.29. The number of carbonyl (C=O) groups excluding carboxylic acids is 1. The summed E-state index contributed by atoms with van der Waals surface area (Å²) in [6, 6.07) is 23.9. The Hall–Kier alpha value is -3.07. The average Bonchev–Trinajstić information content (AvgIpc) is 2.65. The molecule has 0 fully saturated rings. The second-order valence-electron chi connectivity index (χ2n) is 6.46. The maximum atomic E-state index is 12.4. The summed E-state index contributed by atoms with van der Waals surface area (Å²) in [7, 11) is 0. The van der Waals surface area contributed by atoms with Crippen LogP contribution >= 0.6 is 0 Å². The summed E-state index contributed by atoms with van der Waals surface area (Å²) >= 11 is 0. The van der Waals surface area contributed by atoms with Crippen LogP contribution in [0.25, 0.3) is 11.1 Å². The van der Waals surface area contributed by atoms with E-state index in [-0.39, 0.29) is 5.91 Å². The first-order valence-electron chi connectivity index (χ1n) is 8.73. The molecule has 0 aliphatic rings. The maximum Gasteiger partial charge on any atom is 0.265 e. The number of hydrogen-bond donors (Lipinski definition) is 1. The van der Waals surface area contributed by atoms with Gasteiger partial charge in [0.2, 0.25) is 0 Å². The molecule has 0 aliphatic carbocycles. The number of anilines is 1. The minimum atomic E-state index is -0.585. The van der Waals surface area contributed by atoms with Crippen molar-refractivity contribution in [3.8, 4) is 16.9 Å². The van der Waals surface area contributed by atoms with E-state index in [1.165, 1.54) is 5.56 Å². The highest BCUT2D eigenvalue weighted by molar-refractivity contribution is 5.94. The van der Waals surface area contributed by atoms with E-state index >= 15 is 0 Å². The van der Waals surface area contributed by atoms with Gasteiger partial charge in [0.05, 0.1) is 0 Å². The highest BCUT2D eigenvalue weighted by atomic mass is 16.5. The Morgan fingerprint density at radius 2 is 1.54 bits per heavy atom. The van der Waals surface area contributed by atoms with Gasteiger partial charge < -0.3 is 10.1 Å². The molecular weight excluding hydrogens is 322 g/mol. The fourth-order valence-corrected chi connectivity index (χ4v) is 2.80. The molecule has 0 aromatic heterocycles. The normalized spacial score (nSPS) is 11.7. The second kappa shape index (κ2) is 7.87. The smallest absolute Gasteiger partial charge is 0.265 e. The van der Waals surface area contributed by atoms with Gasteiger partial charge in [0, 0.05) is 5.69 Å². The molecule has 1 amide bonds. The molecule has 1 atom stereocenters. The van der Waals surface area contributed by atoms with Crippen molar-refractivity contribution in [2.24, 2.45) is 0 Å². The van der Waals surface area contributed by atoms with Crippen LogP contribution in [0.4, 0.5) is 5.69 Å². The molecule has 1 N–H and O–H groups in total. The van der Waals surface area contributed by atoms with Crippen LogP contribution in [0.3, 0.4) is 0 Å². The van der Waals surface area contributed by atoms with Crippen molar-refractivity contribution >= 4 is 11.6 Å². The Labute approximate surface area is 154 Å². The Bertz CT molecular complexity index is 886. The summed E-state index contributed by atoms with van der Waals surface area (Å²) in [6.45, 7) is 5.77. The van der Waals surface area contributed by atoms with Crippen molar-refractivity contribution in [2.75, 3.05) is 5.32 Å². The lowest BCUT2D eigenvalue weighted by Crippen LogP contribution is -2.30. The van der Waals surface area contributed by atoms with Gasteiger partial charge in [-0.05, 0) is 55.7 Å². The SMILES string of the molecule is Cc1ccc(NC(=O)C(C)Oc2ccc(-c3ccccc3)cc2)c(C)c1. The van der Waals surface area contributed by atoms with Crippen molar-refractivity contribution in [3.05, 3.63) is 83.9 Å². The van der Waals surface area contributed by atoms with E-state index < -0.39 is 6.10 Å². The molecule has 132 valence electrons. The van der Waals surface area contributed by atoms with E-state index in [9.17, 15) is 4.79 Å². The number of hydrogen-bond acceptors (Lipinski definition) is 2. The van der Waals surface area contributed by atoms with Gasteiger partial charge in [-0.3, -0.25) is 4.79 Å². The molecular formula is C23H23NO2. The topological polar surface area (TPSA) is 38.3 Å². The van der Waals surface area contributed by atoms with Crippen LogP contribution in [0.15, 0.2) is 72.8 Å². The lowest BCUT2D eigenvalue weighted by Gasteiger charge is -2.16. The fourth-order valence-electron chi connectivity index (χ4n) is 2.80. The fraction of sp³-hybridized carbons (Fsp3) is 0.174. The molecule has 0 saturated carbocycles. The van der Waals surface area contributed by atoms with Crippen LogP contribution in [-0.4, -0.2) is 12.0 Å². The lowest BCUT2D eigenvalue weighted by atomic mass is 10.1. The zero-order valence-electron chi connectivity index (χ0n) is 15.3. The molecule has 0 radical (unpaired) electrons. The molecule has 3 aromatic carbocycles. The number of rotatable bonds is 5. The highest BCUT2D eigenvalue weighted by Gasteiger charge is 2.15. The third kappa shape index (κ3) is 4.31. The molecule has 1 unspecified atom stereocenters. The van der Waals surface area contributed by atoms with Gasteiger partial charge in [0.25, 0.3) is 5.91 Å². The Morgan fingerprint density at radius 3 is 2.19 bits per heavy atom. The van der Waals surface area contributed by atoms with Gasteiger partial charge in [0.1, 0.15) is 5.75 Å². The molecule has 3 aromatic rings. The summed E-state index contributed by atoms with van der Waals surface area (Å²) < 4.78 is 5.79. The molecule has 0 saturated heterocycles. The van der Waals surface area contributed by atoms with Crippen LogP contribution < -0.4 is 10.1 Å². The van der Waals surface area contributed by atoms with Crippen LogP contribution in [-0.2, 0) is 4.79 Å². The Morgan fingerprint density at radius 1 is 0.885 bits per heavy atom. The van der Waals surface area contributed by atoms with Crippen molar-refractivity contribution in [1.29, 1.82) is 0 Å². The quantitative estimate of drug-likeness (QED) is 0.674. The van der Waals surface area contributed by atoms with Gasteiger partial charge in [-0.25, -0.2) is 0 Å². The Kier molecular flexibility index (Phi) is 5.37. The lowest BCUT2D eigenvalue weighted by molar-refractivity contribution is -0.122. The van der Waals surface area contributed by atoms with Crippen LogP contribution in [0.2, 0.25) is 0 Å². The average molecular weight is 345 g/mol. The van der Waals surface area contributed by atoms with Gasteiger partial charge >= 0.3 is 0 Å². The molecule has 3 nitrogen and oxygen atoms in total. The number of amides is 1. The van der Waals surface area contributed by atoms with Gasteiger partial charge in [-0.15, -0.1) is 0 Å². The summed E-state index contributed by atoms with van der Waals surface area (Å²) in [4.78, 5) is 12.4. The first-order chi connectivity index (χ1) is 12.5. The molecule has 26 heavy (non-hydrogen) atoms. The van der Waals surface area contributed by atoms with Gasteiger partial charge in [0.15, 0.2) is 6.10 Å². The van der Waals surface area contributed by atoms with E-state index in [1.54, 1.807) is 6.92 Å².